The monoisotopic (exact) mass is 194 g/mol. The summed E-state index contributed by atoms with van der Waals surface area (Å²) in [6, 6.07) is 17.2. The highest BCUT2D eigenvalue weighted by Gasteiger charge is 2.05. The zero-order chi connectivity index (χ0) is 10.7. The van der Waals surface area contributed by atoms with Gasteiger partial charge in [0.25, 0.3) is 0 Å². The van der Waals surface area contributed by atoms with Gasteiger partial charge in [0, 0.05) is 16.8 Å². The SMILES string of the molecule is N#Cc1ccccc1-c1ccccc1N. The molecular formula is C13H10N2. The van der Waals surface area contributed by atoms with Crippen LogP contribution < -0.4 is 5.73 Å². The predicted molar refractivity (Wildman–Crippen MR) is 61.0 cm³/mol. The molecule has 0 aliphatic rings. The number of para-hydroxylation sites is 1. The van der Waals surface area contributed by atoms with E-state index >= 15 is 0 Å². The summed E-state index contributed by atoms with van der Waals surface area (Å²) in [5.41, 5.74) is 9.01. The topological polar surface area (TPSA) is 49.8 Å². The standard InChI is InChI=1S/C13H10N2/c14-9-10-5-1-2-6-11(10)12-7-3-4-8-13(12)15/h1-8H,15H2. The second kappa shape index (κ2) is 3.85. The third kappa shape index (κ3) is 1.68. The van der Waals surface area contributed by atoms with E-state index in [1.165, 1.54) is 0 Å². The number of nitrogens with two attached hydrogens (primary N) is 1. The molecule has 0 aromatic heterocycles. The third-order valence-electron chi connectivity index (χ3n) is 2.30. The Balaban J connectivity index is 2.65. The lowest BCUT2D eigenvalue weighted by Gasteiger charge is -2.06. The lowest BCUT2D eigenvalue weighted by molar-refractivity contribution is 1.48. The molecule has 72 valence electrons. The number of hydrogen-bond donors (Lipinski definition) is 1. The van der Waals surface area contributed by atoms with Crippen LogP contribution in [0.2, 0.25) is 0 Å². The minimum absolute atomic E-state index is 0.649. The predicted octanol–water partition coefficient (Wildman–Crippen LogP) is 2.81. The van der Waals surface area contributed by atoms with E-state index in [1.807, 2.05) is 42.5 Å². The van der Waals surface area contributed by atoms with Gasteiger partial charge < -0.3 is 5.73 Å². The van der Waals surface area contributed by atoms with Crippen LogP contribution in [-0.4, -0.2) is 0 Å². The first-order valence-corrected chi connectivity index (χ1v) is 4.67. The third-order valence-corrected chi connectivity index (χ3v) is 2.30. The number of anilines is 1. The molecule has 0 saturated heterocycles. The number of nitrogens with zero attached hydrogens (tertiary/aromatic N) is 1. The smallest absolute Gasteiger partial charge is 0.0998 e. The van der Waals surface area contributed by atoms with E-state index in [0.29, 0.717) is 11.3 Å². The highest BCUT2D eigenvalue weighted by Crippen LogP contribution is 2.27. The molecule has 2 heteroatoms. The molecule has 15 heavy (non-hydrogen) atoms. The van der Waals surface area contributed by atoms with Crippen LogP contribution in [0.1, 0.15) is 5.56 Å². The lowest BCUT2D eigenvalue weighted by Crippen LogP contribution is -1.91. The molecule has 2 aromatic carbocycles. The normalized spacial score (nSPS) is 9.53. The fourth-order valence-electron chi connectivity index (χ4n) is 1.56. The van der Waals surface area contributed by atoms with E-state index in [2.05, 4.69) is 6.07 Å². The maximum absolute atomic E-state index is 8.98. The van der Waals surface area contributed by atoms with Crippen molar-refractivity contribution in [2.45, 2.75) is 0 Å². The quantitative estimate of drug-likeness (QED) is 0.709. The Hall–Kier alpha value is -2.27. The molecule has 0 spiro atoms. The van der Waals surface area contributed by atoms with E-state index < -0.39 is 0 Å². The molecule has 0 aliphatic carbocycles. The summed E-state index contributed by atoms with van der Waals surface area (Å²) in [5.74, 6) is 0. The molecule has 0 radical (unpaired) electrons. The van der Waals surface area contributed by atoms with Crippen molar-refractivity contribution in [1.82, 2.24) is 0 Å². The molecule has 0 atom stereocenters. The molecule has 2 rings (SSSR count). The van der Waals surface area contributed by atoms with Gasteiger partial charge in [0.2, 0.25) is 0 Å². The number of rotatable bonds is 1. The van der Waals surface area contributed by atoms with Crippen LogP contribution in [0.25, 0.3) is 11.1 Å². The van der Waals surface area contributed by atoms with E-state index in [9.17, 15) is 0 Å². The molecular weight excluding hydrogens is 184 g/mol. The summed E-state index contributed by atoms with van der Waals surface area (Å²) in [5, 5.41) is 8.98. The van der Waals surface area contributed by atoms with Crippen molar-refractivity contribution < 1.29 is 0 Å². The van der Waals surface area contributed by atoms with Crippen molar-refractivity contribution in [1.29, 1.82) is 5.26 Å². The molecule has 0 bridgehead atoms. The van der Waals surface area contributed by atoms with Crippen LogP contribution in [0, 0.1) is 11.3 Å². The summed E-state index contributed by atoms with van der Waals surface area (Å²) in [6.07, 6.45) is 0. The van der Waals surface area contributed by atoms with E-state index in [0.717, 1.165) is 11.1 Å². The fourth-order valence-corrected chi connectivity index (χ4v) is 1.56. The molecule has 2 nitrogen and oxygen atoms in total. The van der Waals surface area contributed by atoms with Crippen molar-refractivity contribution >= 4 is 5.69 Å². The van der Waals surface area contributed by atoms with Gasteiger partial charge in [0.1, 0.15) is 0 Å². The molecule has 2 N–H and O–H groups in total. The Morgan fingerprint density at radius 3 is 2.13 bits per heavy atom. The van der Waals surface area contributed by atoms with E-state index in [-0.39, 0.29) is 0 Å². The molecule has 0 unspecified atom stereocenters. The summed E-state index contributed by atoms with van der Waals surface area (Å²) in [4.78, 5) is 0. The highest BCUT2D eigenvalue weighted by atomic mass is 14.6. The van der Waals surface area contributed by atoms with Crippen LogP contribution in [-0.2, 0) is 0 Å². The van der Waals surface area contributed by atoms with Gasteiger partial charge >= 0.3 is 0 Å². The molecule has 0 heterocycles. The number of hydrogen-bond acceptors (Lipinski definition) is 2. The van der Waals surface area contributed by atoms with Crippen LogP contribution in [0.5, 0.6) is 0 Å². The average Bonchev–Trinajstić information content (AvgIpc) is 2.30. The molecule has 0 fully saturated rings. The highest BCUT2D eigenvalue weighted by molar-refractivity contribution is 5.79. The molecule has 0 saturated carbocycles. The Morgan fingerprint density at radius 1 is 0.867 bits per heavy atom. The largest absolute Gasteiger partial charge is 0.398 e. The van der Waals surface area contributed by atoms with Crippen molar-refractivity contribution in [3.05, 3.63) is 54.1 Å². The average molecular weight is 194 g/mol. The maximum atomic E-state index is 8.98. The Kier molecular flexibility index (Phi) is 2.38. The van der Waals surface area contributed by atoms with Gasteiger partial charge in [0.05, 0.1) is 11.6 Å². The summed E-state index contributed by atoms with van der Waals surface area (Å²) < 4.78 is 0. The second-order valence-electron chi connectivity index (χ2n) is 3.24. The first-order valence-electron chi connectivity index (χ1n) is 4.67. The van der Waals surface area contributed by atoms with Crippen molar-refractivity contribution in [3.8, 4) is 17.2 Å². The van der Waals surface area contributed by atoms with Gasteiger partial charge in [-0.05, 0) is 12.1 Å². The van der Waals surface area contributed by atoms with Crippen LogP contribution in [0.4, 0.5) is 5.69 Å². The number of benzene rings is 2. The van der Waals surface area contributed by atoms with Gasteiger partial charge in [-0.3, -0.25) is 0 Å². The van der Waals surface area contributed by atoms with E-state index in [1.54, 1.807) is 6.07 Å². The van der Waals surface area contributed by atoms with Crippen LogP contribution in [0.3, 0.4) is 0 Å². The van der Waals surface area contributed by atoms with Crippen LogP contribution >= 0.6 is 0 Å². The molecule has 0 amide bonds. The lowest BCUT2D eigenvalue weighted by atomic mass is 9.99. The van der Waals surface area contributed by atoms with Crippen LogP contribution in [0.15, 0.2) is 48.5 Å². The fraction of sp³-hybridized carbons (Fsp3) is 0. The Morgan fingerprint density at radius 2 is 1.47 bits per heavy atom. The van der Waals surface area contributed by atoms with Gasteiger partial charge in [0.15, 0.2) is 0 Å². The molecule has 2 aromatic rings. The summed E-state index contributed by atoms with van der Waals surface area (Å²) in [6.45, 7) is 0. The molecule has 0 aliphatic heterocycles. The zero-order valence-corrected chi connectivity index (χ0v) is 8.14. The minimum Gasteiger partial charge on any atom is -0.398 e. The second-order valence-corrected chi connectivity index (χ2v) is 3.24. The van der Waals surface area contributed by atoms with Crippen molar-refractivity contribution in [2.75, 3.05) is 5.73 Å². The summed E-state index contributed by atoms with van der Waals surface area (Å²) in [7, 11) is 0. The Labute approximate surface area is 88.6 Å². The van der Waals surface area contributed by atoms with Crippen molar-refractivity contribution in [2.24, 2.45) is 0 Å². The first-order chi connectivity index (χ1) is 7.33. The summed E-state index contributed by atoms with van der Waals surface area (Å²) >= 11 is 0. The first kappa shape index (κ1) is 9.29. The van der Waals surface area contributed by atoms with Crippen molar-refractivity contribution in [3.63, 3.8) is 0 Å². The number of nitrogen functional groups attached to an aromatic ring is 1. The minimum atomic E-state index is 0.649. The Bertz CT molecular complexity index is 524. The van der Waals surface area contributed by atoms with E-state index in [4.69, 9.17) is 11.0 Å². The van der Waals surface area contributed by atoms with Gasteiger partial charge in [-0.25, -0.2) is 0 Å². The zero-order valence-electron chi connectivity index (χ0n) is 8.14. The van der Waals surface area contributed by atoms with Gasteiger partial charge in [-0.15, -0.1) is 0 Å². The maximum Gasteiger partial charge on any atom is 0.0998 e. The number of nitriles is 1. The van der Waals surface area contributed by atoms with Gasteiger partial charge in [-0.2, -0.15) is 5.26 Å². The van der Waals surface area contributed by atoms with Gasteiger partial charge in [-0.1, -0.05) is 36.4 Å².